The van der Waals surface area contributed by atoms with Crippen LogP contribution >= 0.6 is 0 Å². The third-order valence-electron chi connectivity index (χ3n) is 8.19. The Morgan fingerprint density at radius 3 is 1.94 bits per heavy atom. The zero-order chi connectivity index (χ0) is 39.2. The summed E-state index contributed by atoms with van der Waals surface area (Å²) < 4.78 is 0. The van der Waals surface area contributed by atoms with Gasteiger partial charge in [-0.15, -0.1) is 0 Å². The maximum atomic E-state index is 13.9. The van der Waals surface area contributed by atoms with Gasteiger partial charge in [-0.3, -0.25) is 19.2 Å². The maximum absolute atomic E-state index is 13.9. The highest BCUT2D eigenvalue weighted by atomic mass is 16.3. The molecule has 50 heavy (non-hydrogen) atoms. The van der Waals surface area contributed by atoms with Gasteiger partial charge in [0.1, 0.15) is 17.8 Å². The molecule has 11 heteroatoms. The van der Waals surface area contributed by atoms with Gasteiger partial charge in [0.2, 0.25) is 17.6 Å². The van der Waals surface area contributed by atoms with Crippen molar-refractivity contribution in [2.45, 2.75) is 165 Å². The lowest BCUT2D eigenvalue weighted by molar-refractivity contribution is -0.143. The van der Waals surface area contributed by atoms with Gasteiger partial charge in [-0.2, -0.15) is 0 Å². The summed E-state index contributed by atoms with van der Waals surface area (Å²) in [4.78, 5) is 66.3. The van der Waals surface area contributed by atoms with Gasteiger partial charge in [0.05, 0.1) is 6.04 Å². The van der Waals surface area contributed by atoms with E-state index in [1.165, 1.54) is 11.3 Å². The summed E-state index contributed by atoms with van der Waals surface area (Å²) in [7, 11) is 0. The number of carbonyl (C=O) groups is 5. The molecule has 0 aliphatic carbocycles. The molecule has 6 N–H and O–H groups in total. The smallest absolute Gasteiger partial charge is 0.315 e. The fraction of sp³-hybridized carbons (Fsp3) is 0.718. The first-order valence-corrected chi connectivity index (χ1v) is 18.7. The quantitative estimate of drug-likeness (QED) is 0.136. The van der Waals surface area contributed by atoms with Crippen LogP contribution in [-0.2, 0) is 25.6 Å². The van der Waals surface area contributed by atoms with Gasteiger partial charge in [0.15, 0.2) is 0 Å². The van der Waals surface area contributed by atoms with Gasteiger partial charge in [0.25, 0.3) is 5.91 Å². The molecule has 5 atom stereocenters. The molecule has 5 unspecified atom stereocenters. The van der Waals surface area contributed by atoms with Crippen LogP contribution in [-0.4, -0.2) is 69.8 Å². The molecule has 1 aliphatic heterocycles. The van der Waals surface area contributed by atoms with Gasteiger partial charge in [-0.05, 0) is 68.1 Å². The van der Waals surface area contributed by atoms with E-state index < -0.39 is 58.6 Å². The summed E-state index contributed by atoms with van der Waals surface area (Å²) in [6.45, 7) is 25.9. The molecule has 1 aromatic carbocycles. The summed E-state index contributed by atoms with van der Waals surface area (Å²) in [5.41, 5.74) is 4.89. The second-order valence-corrected chi connectivity index (χ2v) is 14.0. The lowest BCUT2D eigenvalue weighted by Gasteiger charge is -2.37. The first kappa shape index (κ1) is 48.5. The predicted octanol–water partition coefficient (Wildman–Crippen LogP) is 6.64. The number of primary amides is 1. The Labute approximate surface area is 303 Å². The van der Waals surface area contributed by atoms with E-state index in [0.29, 0.717) is 32.2 Å². The zero-order valence-electron chi connectivity index (χ0n) is 33.5. The molecule has 11 nitrogen and oxygen atoms in total. The number of aromatic hydroxyl groups is 1. The van der Waals surface area contributed by atoms with E-state index in [1.807, 2.05) is 88.3 Å². The van der Waals surface area contributed by atoms with Crippen LogP contribution in [0.3, 0.4) is 0 Å². The molecular formula is C39H71N5O6. The molecule has 2 rings (SSSR count). The highest BCUT2D eigenvalue weighted by Crippen LogP contribution is 2.27. The Kier molecular flexibility index (Phi) is 23.8. The molecule has 0 radical (unpaired) electrons. The Morgan fingerprint density at radius 2 is 1.48 bits per heavy atom. The molecule has 1 fully saturated rings. The minimum Gasteiger partial charge on any atom is -0.508 e. The Balaban J connectivity index is 0. The summed E-state index contributed by atoms with van der Waals surface area (Å²) in [5, 5.41) is 18.3. The molecule has 1 aromatic rings. The van der Waals surface area contributed by atoms with Gasteiger partial charge in [-0.25, -0.2) is 4.79 Å². The highest BCUT2D eigenvalue weighted by molar-refractivity contribution is 6.37. The van der Waals surface area contributed by atoms with Crippen molar-refractivity contribution in [2.24, 2.45) is 17.1 Å². The van der Waals surface area contributed by atoms with Crippen molar-refractivity contribution in [3.8, 4) is 5.75 Å². The van der Waals surface area contributed by atoms with Crippen LogP contribution in [0.4, 0.5) is 4.79 Å². The van der Waals surface area contributed by atoms with Crippen molar-refractivity contribution in [3.05, 3.63) is 29.8 Å². The fourth-order valence-corrected chi connectivity index (χ4v) is 5.61. The van der Waals surface area contributed by atoms with E-state index in [0.717, 1.165) is 18.4 Å². The number of nitrogens with zero attached hydrogens (tertiary/aromatic N) is 1. The standard InChI is InChI=1S/C32H51N5O6.C3H8.2C2H6/c1-8-16-32(7,19-21-12-14-22(38)15-13-21)36-30(43)35-26(31(4,5)6)29(42)37-17-10-11-24(37)28(41)34-23(18-20(3)9-2)25(39)27(33)40;1-3-2;2*1-2/h12-15,20,23-24,26,38H,8-11,16-19H2,1-7H3,(H2,33,40)(H,34,41)(H2,35,36,43);3H2,1-2H3;2*1-2H3. The molecule has 0 aromatic heterocycles. The number of Topliss-reactive ketones (excluding diaryl/α,β-unsaturated/α-hetero) is 1. The van der Waals surface area contributed by atoms with Gasteiger partial charge < -0.3 is 31.7 Å². The summed E-state index contributed by atoms with van der Waals surface area (Å²) in [6.07, 6.45) is 5.26. The second-order valence-electron chi connectivity index (χ2n) is 14.0. The average Bonchev–Trinajstić information content (AvgIpc) is 3.56. The lowest BCUT2D eigenvalue weighted by Crippen LogP contribution is -2.61. The molecule has 5 amide bonds. The number of amides is 5. The first-order chi connectivity index (χ1) is 23.4. The minimum absolute atomic E-state index is 0.0651. The van der Waals surface area contributed by atoms with Crippen molar-refractivity contribution in [2.75, 3.05) is 6.54 Å². The minimum atomic E-state index is -1.11. The number of phenols is 1. The van der Waals surface area contributed by atoms with E-state index in [2.05, 4.69) is 29.8 Å². The van der Waals surface area contributed by atoms with Crippen molar-refractivity contribution >= 4 is 29.5 Å². The zero-order valence-corrected chi connectivity index (χ0v) is 33.5. The molecule has 0 saturated carbocycles. The number of hydrogen-bond acceptors (Lipinski definition) is 6. The van der Waals surface area contributed by atoms with Gasteiger partial charge >= 0.3 is 6.03 Å². The Hall–Kier alpha value is -3.63. The van der Waals surface area contributed by atoms with Crippen LogP contribution in [0.25, 0.3) is 0 Å². The summed E-state index contributed by atoms with van der Waals surface area (Å²) in [5.74, 6) is -2.66. The average molecular weight is 706 g/mol. The van der Waals surface area contributed by atoms with Crippen LogP contribution in [0.2, 0.25) is 0 Å². The van der Waals surface area contributed by atoms with Crippen molar-refractivity contribution in [3.63, 3.8) is 0 Å². The monoisotopic (exact) mass is 706 g/mol. The van der Waals surface area contributed by atoms with Crippen LogP contribution in [0.5, 0.6) is 5.75 Å². The molecule has 0 spiro atoms. The molecule has 288 valence electrons. The topological polar surface area (TPSA) is 171 Å². The van der Waals surface area contributed by atoms with Crippen molar-refractivity contribution in [1.29, 1.82) is 0 Å². The number of benzene rings is 1. The Bertz CT molecular complexity index is 1170. The Morgan fingerprint density at radius 1 is 0.940 bits per heavy atom. The third-order valence-corrected chi connectivity index (χ3v) is 8.19. The van der Waals surface area contributed by atoms with E-state index in [1.54, 1.807) is 12.1 Å². The normalized spacial score (nSPS) is 16.6. The van der Waals surface area contributed by atoms with Crippen LogP contribution < -0.4 is 21.7 Å². The fourth-order valence-electron chi connectivity index (χ4n) is 5.61. The van der Waals surface area contributed by atoms with Crippen LogP contribution in [0, 0.1) is 11.3 Å². The van der Waals surface area contributed by atoms with E-state index in [-0.39, 0.29) is 18.1 Å². The number of hydrogen-bond donors (Lipinski definition) is 5. The van der Waals surface area contributed by atoms with E-state index in [9.17, 15) is 29.1 Å². The highest BCUT2D eigenvalue weighted by Gasteiger charge is 2.43. The second kappa shape index (κ2) is 24.5. The number of phenolic OH excluding ortho intramolecular Hbond substituents is 1. The number of ketones is 1. The largest absolute Gasteiger partial charge is 0.508 e. The predicted molar refractivity (Wildman–Crippen MR) is 204 cm³/mol. The number of carbonyl (C=O) groups excluding carboxylic acids is 5. The SMILES string of the molecule is CC.CC.CCC.CCCC(C)(Cc1ccc(O)cc1)NC(=O)NC(C(=O)N1CCCC1C(=O)NC(CC(C)CC)C(=O)C(N)=O)C(C)(C)C. The van der Waals surface area contributed by atoms with E-state index in [4.69, 9.17) is 5.73 Å². The molecule has 1 aliphatic rings. The maximum Gasteiger partial charge on any atom is 0.315 e. The lowest BCUT2D eigenvalue weighted by atomic mass is 9.85. The summed E-state index contributed by atoms with van der Waals surface area (Å²) >= 11 is 0. The number of nitrogens with one attached hydrogen (secondary N) is 3. The third kappa shape index (κ3) is 16.9. The first-order valence-electron chi connectivity index (χ1n) is 18.7. The molecule has 1 heterocycles. The van der Waals surface area contributed by atoms with Crippen LogP contribution in [0.15, 0.2) is 24.3 Å². The van der Waals surface area contributed by atoms with Crippen molar-refractivity contribution < 1.29 is 29.1 Å². The number of rotatable bonds is 14. The van der Waals surface area contributed by atoms with Gasteiger partial charge in [-0.1, -0.05) is 114 Å². The van der Waals surface area contributed by atoms with Crippen LogP contribution in [0.1, 0.15) is 141 Å². The molecular weight excluding hydrogens is 634 g/mol. The van der Waals surface area contributed by atoms with Gasteiger partial charge in [0, 0.05) is 12.1 Å². The van der Waals surface area contributed by atoms with E-state index >= 15 is 0 Å². The summed E-state index contributed by atoms with van der Waals surface area (Å²) in [6, 6.07) is 3.49. The van der Waals surface area contributed by atoms with Crippen molar-refractivity contribution in [1.82, 2.24) is 20.9 Å². The number of likely N-dealkylation sites (tertiary alicyclic amines) is 1. The molecule has 1 saturated heterocycles. The molecule has 0 bridgehead atoms. The number of nitrogens with two attached hydrogens (primary N) is 1. The number of urea groups is 1.